The number of hydrogen-bond acceptors (Lipinski definition) is 4. The Hall–Kier alpha value is -2.44. The van der Waals surface area contributed by atoms with Gasteiger partial charge in [-0.1, -0.05) is 37.1 Å². The summed E-state index contributed by atoms with van der Waals surface area (Å²) in [5, 5.41) is 6.34. The molecule has 1 aliphatic heterocycles. The first-order valence-corrected chi connectivity index (χ1v) is 11.4. The van der Waals surface area contributed by atoms with Crippen LogP contribution in [0.4, 0.5) is 0 Å². The number of carbonyl (C=O) groups is 1. The molecule has 1 fully saturated rings. The van der Waals surface area contributed by atoms with Gasteiger partial charge in [0.05, 0.1) is 16.6 Å². The summed E-state index contributed by atoms with van der Waals surface area (Å²) >= 11 is 5.99. The van der Waals surface area contributed by atoms with E-state index in [0.29, 0.717) is 0 Å². The number of carbonyl (C=O) groups excluding carboxylic acids is 1. The predicted molar refractivity (Wildman–Crippen MR) is 125 cm³/mol. The Morgan fingerprint density at radius 2 is 1.81 bits per heavy atom. The van der Waals surface area contributed by atoms with E-state index in [-0.39, 0.29) is 5.91 Å². The van der Waals surface area contributed by atoms with Crippen LogP contribution in [0.1, 0.15) is 47.1 Å². The molecule has 7 heteroatoms. The lowest BCUT2D eigenvalue weighted by Crippen LogP contribution is -2.48. The monoisotopic (exact) mass is 439 g/mol. The minimum atomic E-state index is 0.0831. The van der Waals surface area contributed by atoms with Gasteiger partial charge in [-0.2, -0.15) is 5.10 Å². The number of nitrogens with zero attached hydrogens (tertiary/aromatic N) is 5. The summed E-state index contributed by atoms with van der Waals surface area (Å²) in [5.74, 6) is 0.0831. The van der Waals surface area contributed by atoms with E-state index in [1.165, 1.54) is 5.56 Å². The van der Waals surface area contributed by atoms with Crippen LogP contribution in [0.15, 0.2) is 30.3 Å². The van der Waals surface area contributed by atoms with E-state index in [1.54, 1.807) is 0 Å². The lowest BCUT2D eigenvalue weighted by molar-refractivity contribution is 0.0630. The van der Waals surface area contributed by atoms with Gasteiger partial charge < -0.3 is 4.90 Å². The van der Waals surface area contributed by atoms with Gasteiger partial charge in [-0.05, 0) is 44.0 Å². The molecular formula is C24H30ClN5O. The van der Waals surface area contributed by atoms with Crippen molar-refractivity contribution in [1.29, 1.82) is 0 Å². The minimum Gasteiger partial charge on any atom is -0.336 e. The normalized spacial score (nSPS) is 15.0. The SMILES string of the molecule is CCCCn1nc(C)c2c(C(=O)N3CCN(Cc4ccc(Cl)cc4)CC3)cc(C)nc21. The summed E-state index contributed by atoms with van der Waals surface area (Å²) in [6.45, 7) is 11.0. The average Bonchev–Trinajstić information content (AvgIpc) is 3.08. The van der Waals surface area contributed by atoms with Crippen molar-refractivity contribution in [3.63, 3.8) is 0 Å². The molecule has 0 spiro atoms. The number of unbranched alkanes of at least 4 members (excludes halogenated alkanes) is 1. The zero-order valence-corrected chi connectivity index (χ0v) is 19.3. The fourth-order valence-corrected chi connectivity index (χ4v) is 4.36. The van der Waals surface area contributed by atoms with Crippen LogP contribution in [0.3, 0.4) is 0 Å². The molecule has 31 heavy (non-hydrogen) atoms. The first kappa shape index (κ1) is 21.8. The highest BCUT2D eigenvalue weighted by molar-refractivity contribution is 6.30. The van der Waals surface area contributed by atoms with Gasteiger partial charge in [0.25, 0.3) is 5.91 Å². The topological polar surface area (TPSA) is 54.3 Å². The number of fused-ring (bicyclic) bond motifs is 1. The minimum absolute atomic E-state index is 0.0831. The van der Waals surface area contributed by atoms with Gasteiger partial charge in [0.1, 0.15) is 0 Å². The quantitative estimate of drug-likeness (QED) is 0.569. The number of pyridine rings is 1. The summed E-state index contributed by atoms with van der Waals surface area (Å²) in [5.41, 5.74) is 4.54. The van der Waals surface area contributed by atoms with E-state index >= 15 is 0 Å². The van der Waals surface area contributed by atoms with Crippen LogP contribution in [0.25, 0.3) is 11.0 Å². The smallest absolute Gasteiger partial charge is 0.254 e. The molecule has 1 aromatic carbocycles. The Morgan fingerprint density at radius 3 is 2.48 bits per heavy atom. The molecule has 1 aliphatic rings. The highest BCUT2D eigenvalue weighted by atomic mass is 35.5. The van der Waals surface area contributed by atoms with Crippen molar-refractivity contribution in [3.05, 3.63) is 57.9 Å². The summed E-state index contributed by atoms with van der Waals surface area (Å²) in [6.07, 6.45) is 2.14. The second kappa shape index (κ2) is 9.37. The molecule has 0 radical (unpaired) electrons. The molecule has 0 bridgehead atoms. The number of aromatic nitrogens is 3. The number of benzene rings is 1. The predicted octanol–water partition coefficient (Wildman–Crippen LogP) is 4.46. The van der Waals surface area contributed by atoms with Gasteiger partial charge in [-0.3, -0.25) is 9.69 Å². The standard InChI is InChI=1S/C24H30ClN5O/c1-4-5-10-30-23-22(18(3)27-30)21(15-17(2)26-23)24(31)29-13-11-28(12-14-29)16-19-6-8-20(25)9-7-19/h6-9,15H,4-5,10-14,16H2,1-3H3. The average molecular weight is 440 g/mol. The maximum absolute atomic E-state index is 13.5. The number of hydrogen-bond donors (Lipinski definition) is 0. The molecule has 4 rings (SSSR count). The van der Waals surface area contributed by atoms with Crippen molar-refractivity contribution >= 4 is 28.5 Å². The molecule has 3 heterocycles. The molecule has 1 saturated heterocycles. The maximum atomic E-state index is 13.5. The molecular weight excluding hydrogens is 410 g/mol. The Kier molecular flexibility index (Phi) is 6.58. The van der Waals surface area contributed by atoms with E-state index < -0.39 is 0 Å². The van der Waals surface area contributed by atoms with E-state index in [1.807, 2.05) is 41.6 Å². The van der Waals surface area contributed by atoms with E-state index in [9.17, 15) is 4.79 Å². The maximum Gasteiger partial charge on any atom is 0.254 e. The van der Waals surface area contributed by atoms with Crippen molar-refractivity contribution < 1.29 is 4.79 Å². The second-order valence-electron chi connectivity index (χ2n) is 8.37. The molecule has 0 atom stereocenters. The van der Waals surface area contributed by atoms with Crippen molar-refractivity contribution in [1.82, 2.24) is 24.6 Å². The first-order valence-electron chi connectivity index (χ1n) is 11.1. The lowest BCUT2D eigenvalue weighted by atomic mass is 10.1. The zero-order valence-electron chi connectivity index (χ0n) is 18.6. The summed E-state index contributed by atoms with van der Waals surface area (Å²) < 4.78 is 1.96. The van der Waals surface area contributed by atoms with Crippen LogP contribution in [0.5, 0.6) is 0 Å². The molecule has 0 aliphatic carbocycles. The van der Waals surface area contributed by atoms with Crippen molar-refractivity contribution in [2.75, 3.05) is 26.2 Å². The molecule has 6 nitrogen and oxygen atoms in total. The Bertz CT molecular complexity index is 1070. The molecule has 3 aromatic rings. The molecule has 0 unspecified atom stereocenters. The van der Waals surface area contributed by atoms with Gasteiger partial charge in [-0.25, -0.2) is 9.67 Å². The molecule has 164 valence electrons. The van der Waals surface area contributed by atoms with Crippen LogP contribution >= 0.6 is 11.6 Å². The van der Waals surface area contributed by atoms with Gasteiger partial charge in [0.2, 0.25) is 0 Å². The van der Waals surface area contributed by atoms with Gasteiger partial charge in [-0.15, -0.1) is 0 Å². The largest absolute Gasteiger partial charge is 0.336 e. The number of amides is 1. The number of rotatable bonds is 6. The van der Waals surface area contributed by atoms with Gasteiger partial charge >= 0.3 is 0 Å². The highest BCUT2D eigenvalue weighted by Gasteiger charge is 2.26. The highest BCUT2D eigenvalue weighted by Crippen LogP contribution is 2.24. The third-order valence-corrected chi connectivity index (χ3v) is 6.19. The Balaban J connectivity index is 1.49. The van der Waals surface area contributed by atoms with E-state index in [4.69, 9.17) is 16.6 Å². The van der Waals surface area contributed by atoms with Gasteiger partial charge in [0, 0.05) is 50.0 Å². The summed E-state index contributed by atoms with van der Waals surface area (Å²) in [4.78, 5) is 22.5. The number of halogens is 1. The van der Waals surface area contributed by atoms with Crippen LogP contribution in [0.2, 0.25) is 5.02 Å². The fourth-order valence-electron chi connectivity index (χ4n) is 4.24. The van der Waals surface area contributed by atoms with E-state index in [2.05, 4.69) is 29.1 Å². The molecule has 1 amide bonds. The van der Waals surface area contributed by atoms with Crippen LogP contribution in [0, 0.1) is 13.8 Å². The van der Waals surface area contributed by atoms with E-state index in [0.717, 1.165) is 85.1 Å². The van der Waals surface area contributed by atoms with Crippen LogP contribution in [-0.2, 0) is 13.1 Å². The summed E-state index contributed by atoms with van der Waals surface area (Å²) in [7, 11) is 0. The van der Waals surface area contributed by atoms with Crippen LogP contribution < -0.4 is 0 Å². The van der Waals surface area contributed by atoms with Gasteiger partial charge in [0.15, 0.2) is 5.65 Å². The Labute approximate surface area is 188 Å². The third-order valence-electron chi connectivity index (χ3n) is 5.94. The second-order valence-corrected chi connectivity index (χ2v) is 8.80. The molecule has 2 aromatic heterocycles. The van der Waals surface area contributed by atoms with Crippen molar-refractivity contribution in [3.8, 4) is 0 Å². The third kappa shape index (κ3) is 4.75. The van der Waals surface area contributed by atoms with Crippen molar-refractivity contribution in [2.45, 2.75) is 46.7 Å². The van der Waals surface area contributed by atoms with Crippen LogP contribution in [-0.4, -0.2) is 56.7 Å². The first-order chi connectivity index (χ1) is 15.0. The fraction of sp³-hybridized carbons (Fsp3) is 0.458. The Morgan fingerprint density at radius 1 is 1.10 bits per heavy atom. The molecule has 0 N–H and O–H groups in total. The summed E-state index contributed by atoms with van der Waals surface area (Å²) in [6, 6.07) is 9.90. The zero-order chi connectivity index (χ0) is 22.0. The number of aryl methyl sites for hydroxylation is 3. The number of piperazine rings is 1. The lowest BCUT2D eigenvalue weighted by Gasteiger charge is -2.35. The molecule has 0 saturated carbocycles. The van der Waals surface area contributed by atoms with Crippen molar-refractivity contribution in [2.24, 2.45) is 0 Å².